The molecule has 2 rings (SSSR count). The average Bonchev–Trinajstić information content (AvgIpc) is 2.81. The van der Waals surface area contributed by atoms with Gasteiger partial charge >= 0.3 is 0 Å². The molecule has 1 aromatic rings. The molecule has 7 heteroatoms. The van der Waals surface area contributed by atoms with E-state index >= 15 is 0 Å². The van der Waals surface area contributed by atoms with E-state index in [2.05, 4.69) is 0 Å². The fourth-order valence-electron chi connectivity index (χ4n) is 1.97. The summed E-state index contributed by atoms with van der Waals surface area (Å²) in [5, 5.41) is 27.9. The molecule has 0 aliphatic carbocycles. The molecule has 0 saturated carbocycles. The van der Waals surface area contributed by atoms with Crippen LogP contribution in [0.5, 0.6) is 0 Å². The van der Waals surface area contributed by atoms with E-state index in [0.29, 0.717) is 13.0 Å². The van der Waals surface area contributed by atoms with Crippen molar-refractivity contribution >= 4 is 11.0 Å². The summed E-state index contributed by atoms with van der Waals surface area (Å²) in [6.07, 6.45) is 0.304. The number of aliphatic hydroxyl groups is 2. The molecular weight excluding hydrogens is 271 g/mol. The van der Waals surface area contributed by atoms with Crippen LogP contribution in [0.15, 0.2) is 23.1 Å². The highest BCUT2D eigenvalue weighted by Gasteiger charge is 2.38. The third kappa shape index (κ3) is 2.82. The van der Waals surface area contributed by atoms with Crippen LogP contribution in [0.1, 0.15) is 12.0 Å². The van der Waals surface area contributed by atoms with Gasteiger partial charge in [0.15, 0.2) is 0 Å². The molecule has 1 saturated heterocycles. The molecule has 0 amide bonds. The summed E-state index contributed by atoms with van der Waals surface area (Å²) in [6.45, 7) is -0.0144. The van der Waals surface area contributed by atoms with E-state index in [1.54, 1.807) is 6.07 Å². The molecule has 1 aromatic carbocycles. The van der Waals surface area contributed by atoms with Gasteiger partial charge in [0.25, 0.3) is 0 Å². The second-order valence-electron chi connectivity index (χ2n) is 4.50. The third-order valence-corrected chi connectivity index (χ3v) is 4.59. The standard InChI is InChI=1S/C12H13FN2O3S/c13-10-1-2-11(9(5-10)6-14)19(18)15-4-3-12(17,7-15)8-16/h1-2,5,16-17H,3-4,7-8H2. The van der Waals surface area contributed by atoms with E-state index in [1.807, 2.05) is 0 Å². The predicted molar refractivity (Wildman–Crippen MR) is 65.7 cm³/mol. The van der Waals surface area contributed by atoms with Crippen LogP contribution in [0, 0.1) is 17.1 Å². The van der Waals surface area contributed by atoms with Gasteiger partial charge in [0, 0.05) is 13.1 Å². The van der Waals surface area contributed by atoms with Crippen LogP contribution >= 0.6 is 0 Å². The molecule has 5 nitrogen and oxygen atoms in total. The number of rotatable bonds is 3. The molecule has 1 aliphatic heterocycles. The van der Waals surface area contributed by atoms with E-state index in [4.69, 9.17) is 10.4 Å². The minimum atomic E-state index is -1.65. The smallest absolute Gasteiger partial charge is 0.129 e. The summed E-state index contributed by atoms with van der Waals surface area (Å²) in [4.78, 5) is 0.214. The Kier molecular flexibility index (Phi) is 3.96. The van der Waals surface area contributed by atoms with Crippen molar-refractivity contribution in [2.24, 2.45) is 0 Å². The molecule has 0 bridgehead atoms. The molecule has 1 aliphatic rings. The second kappa shape index (κ2) is 5.35. The minimum absolute atomic E-state index is 0.0118. The maximum Gasteiger partial charge on any atom is 0.129 e. The maximum absolute atomic E-state index is 13.0. The Balaban J connectivity index is 2.25. The Morgan fingerprint density at radius 3 is 2.89 bits per heavy atom. The molecule has 102 valence electrons. The van der Waals surface area contributed by atoms with Gasteiger partial charge in [-0.3, -0.25) is 0 Å². The molecular formula is C12H13FN2O3S. The lowest BCUT2D eigenvalue weighted by Crippen LogP contribution is -2.37. The zero-order valence-corrected chi connectivity index (χ0v) is 10.9. The molecule has 0 spiro atoms. The fourth-order valence-corrected chi connectivity index (χ4v) is 3.34. The Morgan fingerprint density at radius 2 is 2.32 bits per heavy atom. The second-order valence-corrected chi connectivity index (χ2v) is 5.95. The Hall–Kier alpha value is -1.33. The van der Waals surface area contributed by atoms with E-state index in [9.17, 15) is 13.7 Å². The van der Waals surface area contributed by atoms with Gasteiger partial charge in [-0.2, -0.15) is 5.26 Å². The van der Waals surface area contributed by atoms with Gasteiger partial charge < -0.3 is 10.2 Å². The van der Waals surface area contributed by atoms with Gasteiger partial charge in [-0.1, -0.05) is 0 Å². The van der Waals surface area contributed by atoms with Gasteiger partial charge in [0.05, 0.1) is 17.1 Å². The topological polar surface area (TPSA) is 84.6 Å². The highest BCUT2D eigenvalue weighted by Crippen LogP contribution is 2.26. The maximum atomic E-state index is 13.0. The lowest BCUT2D eigenvalue weighted by molar-refractivity contribution is -0.000503. The first-order valence-electron chi connectivity index (χ1n) is 5.69. The average molecular weight is 284 g/mol. The minimum Gasteiger partial charge on any atom is -0.393 e. The van der Waals surface area contributed by atoms with Crippen molar-refractivity contribution in [3.8, 4) is 6.07 Å². The van der Waals surface area contributed by atoms with Gasteiger partial charge in [-0.05, 0) is 24.6 Å². The quantitative estimate of drug-likeness (QED) is 0.827. The Morgan fingerprint density at radius 1 is 1.58 bits per heavy atom. The fraction of sp³-hybridized carbons (Fsp3) is 0.417. The van der Waals surface area contributed by atoms with Crippen molar-refractivity contribution < 1.29 is 18.8 Å². The lowest BCUT2D eigenvalue weighted by atomic mass is 10.1. The molecule has 19 heavy (non-hydrogen) atoms. The number of hydrogen-bond donors (Lipinski definition) is 2. The van der Waals surface area contributed by atoms with Gasteiger partial charge in [0.1, 0.15) is 28.5 Å². The van der Waals surface area contributed by atoms with Gasteiger partial charge in [-0.15, -0.1) is 0 Å². The zero-order valence-electron chi connectivity index (χ0n) is 10.0. The summed E-state index contributed by atoms with van der Waals surface area (Å²) in [5.74, 6) is -0.564. The first-order valence-corrected chi connectivity index (χ1v) is 6.79. The molecule has 1 heterocycles. The third-order valence-electron chi connectivity index (χ3n) is 3.08. The number of aliphatic hydroxyl groups excluding tert-OH is 1. The molecule has 2 atom stereocenters. The predicted octanol–water partition coefficient (Wildman–Crippen LogP) is 0.149. The number of hydrogen-bond acceptors (Lipinski definition) is 4. The molecule has 0 radical (unpaired) electrons. The van der Waals surface area contributed by atoms with Crippen molar-refractivity contribution in [2.75, 3.05) is 19.7 Å². The summed E-state index contributed by atoms with van der Waals surface area (Å²) < 4.78 is 26.8. The summed E-state index contributed by atoms with van der Waals surface area (Å²) in [5.41, 5.74) is -1.25. The van der Waals surface area contributed by atoms with E-state index < -0.39 is 29.0 Å². The number of halogens is 1. The van der Waals surface area contributed by atoms with Crippen molar-refractivity contribution in [3.63, 3.8) is 0 Å². The van der Waals surface area contributed by atoms with Crippen LogP contribution in [0.3, 0.4) is 0 Å². The van der Waals surface area contributed by atoms with Crippen LogP contribution in [0.4, 0.5) is 4.39 Å². The Labute approximate surface area is 112 Å². The van der Waals surface area contributed by atoms with Crippen LogP contribution in [-0.4, -0.2) is 44.0 Å². The largest absolute Gasteiger partial charge is 0.393 e. The first-order chi connectivity index (χ1) is 8.99. The highest BCUT2D eigenvalue weighted by molar-refractivity contribution is 7.82. The molecule has 0 aromatic heterocycles. The summed E-state index contributed by atoms with van der Waals surface area (Å²) >= 11 is 0. The first kappa shape index (κ1) is 14.1. The number of benzene rings is 1. The van der Waals surface area contributed by atoms with Gasteiger partial charge in [-0.25, -0.2) is 12.9 Å². The number of nitrogens with zero attached hydrogens (tertiary/aromatic N) is 2. The van der Waals surface area contributed by atoms with Crippen LogP contribution in [-0.2, 0) is 11.0 Å². The van der Waals surface area contributed by atoms with Crippen LogP contribution in [0.2, 0.25) is 0 Å². The van der Waals surface area contributed by atoms with Crippen molar-refractivity contribution in [3.05, 3.63) is 29.6 Å². The Bertz CT molecular complexity index is 560. The molecule has 1 fully saturated rings. The number of β-amino-alcohol motifs (C(OH)–C–C–N with tert-alkyl or cyclic N) is 1. The van der Waals surface area contributed by atoms with Crippen LogP contribution < -0.4 is 0 Å². The zero-order chi connectivity index (χ0) is 14.0. The highest BCUT2D eigenvalue weighted by atomic mass is 32.2. The monoisotopic (exact) mass is 284 g/mol. The van der Waals surface area contributed by atoms with E-state index in [1.165, 1.54) is 10.4 Å². The van der Waals surface area contributed by atoms with E-state index in [0.717, 1.165) is 12.1 Å². The van der Waals surface area contributed by atoms with Crippen molar-refractivity contribution in [2.45, 2.75) is 16.9 Å². The SMILES string of the molecule is N#Cc1cc(F)ccc1S(=O)N1CCC(O)(CO)C1. The summed E-state index contributed by atoms with van der Waals surface area (Å²) in [7, 11) is -1.65. The lowest BCUT2D eigenvalue weighted by Gasteiger charge is -2.20. The summed E-state index contributed by atoms with van der Waals surface area (Å²) in [6, 6.07) is 5.28. The molecule has 2 N–H and O–H groups in total. The number of nitriles is 1. The van der Waals surface area contributed by atoms with Crippen molar-refractivity contribution in [1.82, 2.24) is 4.31 Å². The van der Waals surface area contributed by atoms with Crippen LogP contribution in [0.25, 0.3) is 0 Å². The molecule has 2 unspecified atom stereocenters. The normalized spacial score (nSPS) is 25.2. The van der Waals surface area contributed by atoms with E-state index in [-0.39, 0.29) is 17.0 Å². The van der Waals surface area contributed by atoms with Crippen molar-refractivity contribution in [1.29, 1.82) is 5.26 Å². The van der Waals surface area contributed by atoms with Gasteiger partial charge in [0.2, 0.25) is 0 Å².